The minimum Gasteiger partial charge on any atom is -0.452 e. The van der Waals surface area contributed by atoms with Gasteiger partial charge in [-0.05, 0) is 12.1 Å². The van der Waals surface area contributed by atoms with E-state index in [1.807, 2.05) is 0 Å². The van der Waals surface area contributed by atoms with E-state index in [2.05, 4.69) is 4.74 Å². The molecular formula is C14H12F4N2O4. The normalized spacial score (nSPS) is 11.2. The first-order chi connectivity index (χ1) is 11.2. The Kier molecular flexibility index (Phi) is 6.90. The van der Waals surface area contributed by atoms with Gasteiger partial charge in [-0.25, -0.2) is 14.0 Å². The molecule has 1 rings (SSSR count). The van der Waals surface area contributed by atoms with Gasteiger partial charge in [0.1, 0.15) is 12.4 Å². The van der Waals surface area contributed by atoms with Crippen LogP contribution in [0.1, 0.15) is 5.56 Å². The summed E-state index contributed by atoms with van der Waals surface area (Å²) in [7, 11) is 0. The average molecular weight is 348 g/mol. The molecule has 0 aliphatic rings. The van der Waals surface area contributed by atoms with E-state index in [4.69, 9.17) is 0 Å². The number of esters is 1. The average Bonchev–Trinajstić information content (AvgIpc) is 2.49. The van der Waals surface area contributed by atoms with Crippen LogP contribution in [-0.4, -0.2) is 37.2 Å². The Hall–Kier alpha value is -2.91. The molecule has 2 N–H and O–H groups in total. The molecule has 130 valence electrons. The van der Waals surface area contributed by atoms with E-state index in [1.54, 1.807) is 11.4 Å². The summed E-state index contributed by atoms with van der Waals surface area (Å²) in [5, 5.41) is 2.94. The molecule has 3 amide bonds. The summed E-state index contributed by atoms with van der Waals surface area (Å²) in [6.07, 6.45) is -2.65. The van der Waals surface area contributed by atoms with Crippen molar-refractivity contribution in [3.05, 3.63) is 41.7 Å². The highest BCUT2D eigenvalue weighted by Crippen LogP contribution is 2.11. The quantitative estimate of drug-likeness (QED) is 0.483. The van der Waals surface area contributed by atoms with Crippen LogP contribution in [0.3, 0.4) is 0 Å². The van der Waals surface area contributed by atoms with Crippen LogP contribution in [-0.2, 0) is 14.3 Å². The summed E-state index contributed by atoms with van der Waals surface area (Å²) in [4.78, 5) is 33.5. The molecule has 0 saturated heterocycles. The van der Waals surface area contributed by atoms with Crippen LogP contribution in [0.25, 0.3) is 6.08 Å². The minimum absolute atomic E-state index is 0.116. The number of ether oxygens (including phenoxy) is 1. The van der Waals surface area contributed by atoms with Crippen LogP contribution in [0.4, 0.5) is 22.4 Å². The third-order valence-electron chi connectivity index (χ3n) is 2.35. The summed E-state index contributed by atoms with van der Waals surface area (Å²) in [5.41, 5.74) is 0.116. The largest absolute Gasteiger partial charge is 0.452 e. The number of benzene rings is 1. The first-order valence-electron chi connectivity index (χ1n) is 6.41. The molecule has 0 heterocycles. The molecule has 0 bridgehead atoms. The number of hydrogen-bond donors (Lipinski definition) is 2. The van der Waals surface area contributed by atoms with Crippen molar-refractivity contribution in [3.8, 4) is 0 Å². The lowest BCUT2D eigenvalue weighted by Crippen LogP contribution is -2.44. The molecule has 1 aromatic rings. The number of carbonyl (C=O) groups is 3. The van der Waals surface area contributed by atoms with E-state index in [-0.39, 0.29) is 5.56 Å². The molecule has 10 heteroatoms. The van der Waals surface area contributed by atoms with Gasteiger partial charge in [-0.15, -0.1) is 0 Å². The lowest BCUT2D eigenvalue weighted by atomic mass is 10.2. The maximum Gasteiger partial charge on any atom is 0.405 e. The van der Waals surface area contributed by atoms with Crippen LogP contribution in [0.2, 0.25) is 0 Å². The maximum absolute atomic E-state index is 13.3. The van der Waals surface area contributed by atoms with Crippen LogP contribution in [0.5, 0.6) is 0 Å². The van der Waals surface area contributed by atoms with Gasteiger partial charge in [0.25, 0.3) is 5.91 Å². The molecule has 0 aromatic heterocycles. The summed E-state index contributed by atoms with van der Waals surface area (Å²) >= 11 is 0. The van der Waals surface area contributed by atoms with E-state index in [0.717, 1.165) is 12.2 Å². The number of hydrogen-bond acceptors (Lipinski definition) is 4. The second kappa shape index (κ2) is 8.65. The van der Waals surface area contributed by atoms with Crippen LogP contribution >= 0.6 is 0 Å². The molecule has 1 aromatic carbocycles. The predicted octanol–water partition coefficient (Wildman–Crippen LogP) is 1.77. The zero-order valence-electron chi connectivity index (χ0n) is 12.0. The lowest BCUT2D eigenvalue weighted by molar-refractivity contribution is -0.143. The molecule has 0 aliphatic carbocycles. The monoisotopic (exact) mass is 348 g/mol. The lowest BCUT2D eigenvalue weighted by Gasteiger charge is -2.08. The standard InChI is InChI=1S/C14H12F4N2O4/c15-10-4-2-1-3-9(10)5-6-12(22)24-7-11(21)20-13(23)19-8-14(16,17)18/h1-6H,7-8H2,(H2,19,20,21,23)/b6-5+. The van der Waals surface area contributed by atoms with Crippen molar-refractivity contribution in [3.63, 3.8) is 0 Å². The third kappa shape index (κ3) is 7.92. The first-order valence-corrected chi connectivity index (χ1v) is 6.41. The summed E-state index contributed by atoms with van der Waals surface area (Å²) in [6.45, 7) is -2.50. The van der Waals surface area contributed by atoms with Gasteiger partial charge < -0.3 is 10.1 Å². The summed E-state index contributed by atoms with van der Waals surface area (Å²) < 4.78 is 53.2. The number of carbonyl (C=O) groups excluding carboxylic acids is 3. The third-order valence-corrected chi connectivity index (χ3v) is 2.35. The maximum atomic E-state index is 13.3. The molecule has 24 heavy (non-hydrogen) atoms. The van der Waals surface area contributed by atoms with Gasteiger partial charge in [0.2, 0.25) is 0 Å². The van der Waals surface area contributed by atoms with Crippen molar-refractivity contribution in [2.45, 2.75) is 6.18 Å². The van der Waals surface area contributed by atoms with E-state index in [9.17, 15) is 31.9 Å². The second-order valence-corrected chi connectivity index (χ2v) is 4.31. The van der Waals surface area contributed by atoms with Gasteiger partial charge >= 0.3 is 18.2 Å². The molecule has 0 aliphatic heterocycles. The van der Waals surface area contributed by atoms with Crippen molar-refractivity contribution < 1.29 is 36.7 Å². The summed E-state index contributed by atoms with van der Waals surface area (Å²) in [5.74, 6) is -2.69. The van der Waals surface area contributed by atoms with Gasteiger partial charge in [-0.3, -0.25) is 10.1 Å². The number of nitrogens with one attached hydrogen (secondary N) is 2. The molecule has 0 spiro atoms. The van der Waals surface area contributed by atoms with Gasteiger partial charge in [0, 0.05) is 11.6 Å². The Labute approximate surface area is 133 Å². The summed E-state index contributed by atoms with van der Waals surface area (Å²) in [6, 6.07) is 4.20. The number of imide groups is 1. The Morgan fingerprint density at radius 2 is 1.83 bits per heavy atom. The molecule has 6 nitrogen and oxygen atoms in total. The topological polar surface area (TPSA) is 84.5 Å². The molecule has 0 atom stereocenters. The van der Waals surface area contributed by atoms with Gasteiger partial charge in [0.15, 0.2) is 6.61 Å². The van der Waals surface area contributed by atoms with Crippen molar-refractivity contribution in [1.82, 2.24) is 10.6 Å². The van der Waals surface area contributed by atoms with Crippen molar-refractivity contribution in [2.75, 3.05) is 13.2 Å². The van der Waals surface area contributed by atoms with Crippen LogP contribution < -0.4 is 10.6 Å². The Bertz CT molecular complexity index is 644. The molecule has 0 saturated carbocycles. The molecular weight excluding hydrogens is 336 g/mol. The molecule has 0 fully saturated rings. The highest BCUT2D eigenvalue weighted by molar-refractivity contribution is 5.96. The fourth-order valence-electron chi connectivity index (χ4n) is 1.34. The van der Waals surface area contributed by atoms with Crippen molar-refractivity contribution >= 4 is 24.0 Å². The van der Waals surface area contributed by atoms with E-state index >= 15 is 0 Å². The number of urea groups is 1. The van der Waals surface area contributed by atoms with Crippen LogP contribution in [0.15, 0.2) is 30.3 Å². The Morgan fingerprint density at radius 3 is 2.46 bits per heavy atom. The van der Waals surface area contributed by atoms with E-state index in [0.29, 0.717) is 0 Å². The fraction of sp³-hybridized carbons (Fsp3) is 0.214. The zero-order valence-corrected chi connectivity index (χ0v) is 12.0. The van der Waals surface area contributed by atoms with Crippen molar-refractivity contribution in [2.24, 2.45) is 0 Å². The zero-order chi connectivity index (χ0) is 18.2. The minimum atomic E-state index is -4.62. The first kappa shape index (κ1) is 19.1. The van der Waals surface area contributed by atoms with Gasteiger partial charge in [-0.1, -0.05) is 18.2 Å². The Morgan fingerprint density at radius 1 is 1.17 bits per heavy atom. The van der Waals surface area contributed by atoms with Crippen LogP contribution in [0, 0.1) is 5.82 Å². The molecule has 0 radical (unpaired) electrons. The van der Waals surface area contributed by atoms with E-state index in [1.165, 1.54) is 23.5 Å². The van der Waals surface area contributed by atoms with Gasteiger partial charge in [-0.2, -0.15) is 13.2 Å². The highest BCUT2D eigenvalue weighted by atomic mass is 19.4. The van der Waals surface area contributed by atoms with E-state index < -0.39 is 43.1 Å². The number of alkyl halides is 3. The second-order valence-electron chi connectivity index (χ2n) is 4.31. The number of halogens is 4. The SMILES string of the molecule is O=C(COC(=O)/C=C/c1ccccc1F)NC(=O)NCC(F)(F)F. The van der Waals surface area contributed by atoms with Gasteiger partial charge in [0.05, 0.1) is 0 Å². The number of amides is 3. The fourth-order valence-corrected chi connectivity index (χ4v) is 1.34. The predicted molar refractivity (Wildman–Crippen MR) is 74.0 cm³/mol. The highest BCUT2D eigenvalue weighted by Gasteiger charge is 2.27. The molecule has 0 unspecified atom stereocenters. The van der Waals surface area contributed by atoms with Crippen molar-refractivity contribution in [1.29, 1.82) is 0 Å². The smallest absolute Gasteiger partial charge is 0.405 e. The number of rotatable bonds is 5. The Balaban J connectivity index is 2.35.